The van der Waals surface area contributed by atoms with Crippen LogP contribution in [0.25, 0.3) is 0 Å². The van der Waals surface area contributed by atoms with Gasteiger partial charge in [-0.2, -0.15) is 13.2 Å². The Bertz CT molecular complexity index is 1330. The first-order valence-corrected chi connectivity index (χ1v) is 13.8. The van der Waals surface area contributed by atoms with Crippen LogP contribution < -0.4 is 4.72 Å². The number of rotatable bonds is 8. The maximum absolute atomic E-state index is 12.7. The zero-order chi connectivity index (χ0) is 24.3. The molecule has 33 heavy (non-hydrogen) atoms. The Hall–Kier alpha value is -2.21. The number of thioether (sulfide) groups is 1. The summed E-state index contributed by atoms with van der Waals surface area (Å²) in [5, 5.41) is 0.414. The third-order valence-electron chi connectivity index (χ3n) is 4.41. The lowest BCUT2D eigenvalue weighted by Crippen LogP contribution is -2.14. The van der Waals surface area contributed by atoms with Crippen LogP contribution in [-0.2, 0) is 26.0 Å². The predicted octanol–water partition coefficient (Wildman–Crippen LogP) is 5.73. The van der Waals surface area contributed by atoms with E-state index in [4.69, 9.17) is 11.6 Å². The summed E-state index contributed by atoms with van der Waals surface area (Å²) < 4.78 is 90.8. The lowest BCUT2D eigenvalue weighted by Gasteiger charge is -2.13. The minimum absolute atomic E-state index is 0.129. The van der Waals surface area contributed by atoms with E-state index in [1.807, 2.05) is 0 Å². The molecule has 1 N–H and O–H groups in total. The Labute approximate surface area is 198 Å². The average molecular weight is 536 g/mol. The first kappa shape index (κ1) is 25.4. The molecule has 3 aromatic carbocycles. The number of anilines is 1. The number of alkyl halides is 3. The number of hydrogen-bond donors (Lipinski definition) is 1. The predicted molar refractivity (Wildman–Crippen MR) is 123 cm³/mol. The van der Waals surface area contributed by atoms with Crippen LogP contribution in [0.5, 0.6) is 0 Å². The van der Waals surface area contributed by atoms with Crippen LogP contribution in [0.2, 0.25) is 5.02 Å². The van der Waals surface area contributed by atoms with E-state index < -0.39 is 31.6 Å². The van der Waals surface area contributed by atoms with Crippen molar-refractivity contribution < 1.29 is 30.0 Å². The number of para-hydroxylation sites is 1. The summed E-state index contributed by atoms with van der Waals surface area (Å²) in [4.78, 5) is 0.267. The first-order chi connectivity index (χ1) is 15.4. The second kappa shape index (κ2) is 9.96. The van der Waals surface area contributed by atoms with Crippen LogP contribution in [0.1, 0.15) is 5.56 Å². The molecule has 0 fully saturated rings. The van der Waals surface area contributed by atoms with Crippen molar-refractivity contribution in [2.24, 2.45) is 0 Å². The maximum atomic E-state index is 12.7. The highest BCUT2D eigenvalue weighted by Crippen LogP contribution is 2.32. The van der Waals surface area contributed by atoms with E-state index in [1.54, 1.807) is 18.2 Å². The van der Waals surface area contributed by atoms with Crippen molar-refractivity contribution in [3.05, 3.63) is 83.4 Å². The van der Waals surface area contributed by atoms with Crippen LogP contribution in [0.15, 0.2) is 87.5 Å². The van der Waals surface area contributed by atoms with Crippen molar-refractivity contribution in [2.75, 3.05) is 16.2 Å². The molecule has 3 aromatic rings. The zero-order valence-corrected chi connectivity index (χ0v) is 19.9. The molecule has 0 spiro atoms. The summed E-state index contributed by atoms with van der Waals surface area (Å²) >= 11 is 6.92. The summed E-state index contributed by atoms with van der Waals surface area (Å²) in [5.74, 6) is -0.0523. The van der Waals surface area contributed by atoms with Crippen molar-refractivity contribution in [3.8, 4) is 0 Å². The number of nitrogens with one attached hydrogen (secondary N) is 1. The normalized spacial score (nSPS) is 12.5. The molecule has 0 aliphatic rings. The number of sulfonamides is 1. The molecular formula is C21H17ClF3NO4S3. The third-order valence-corrected chi connectivity index (χ3v) is 9.10. The fourth-order valence-electron chi connectivity index (χ4n) is 2.72. The number of benzene rings is 3. The molecule has 0 unspecified atom stereocenters. The van der Waals surface area contributed by atoms with Crippen molar-refractivity contribution in [2.45, 2.75) is 20.9 Å². The van der Waals surface area contributed by atoms with Gasteiger partial charge in [-0.1, -0.05) is 23.7 Å². The van der Waals surface area contributed by atoms with E-state index in [-0.39, 0.29) is 27.0 Å². The highest BCUT2D eigenvalue weighted by Gasteiger charge is 2.30. The average Bonchev–Trinajstić information content (AvgIpc) is 2.74. The van der Waals surface area contributed by atoms with Gasteiger partial charge in [-0.25, -0.2) is 16.8 Å². The number of sulfone groups is 1. The fourth-order valence-corrected chi connectivity index (χ4v) is 6.66. The Morgan fingerprint density at radius 2 is 1.39 bits per heavy atom. The van der Waals surface area contributed by atoms with Gasteiger partial charge in [-0.05, 0) is 60.7 Å². The summed E-state index contributed by atoms with van der Waals surface area (Å²) in [6, 6.07) is 15.3. The lowest BCUT2D eigenvalue weighted by atomic mass is 10.2. The SMILES string of the molecule is O=S(=O)(CCSc1ccccc1NS(=O)(=O)c1ccc(C(F)(F)F)cc1)c1ccc(Cl)cc1. The molecule has 176 valence electrons. The minimum Gasteiger partial charge on any atom is -0.278 e. The van der Waals surface area contributed by atoms with Gasteiger partial charge in [-0.15, -0.1) is 11.8 Å². The van der Waals surface area contributed by atoms with Gasteiger partial charge in [-0.3, -0.25) is 4.72 Å². The summed E-state index contributed by atoms with van der Waals surface area (Å²) in [6.45, 7) is 0. The van der Waals surface area contributed by atoms with E-state index >= 15 is 0 Å². The van der Waals surface area contributed by atoms with Crippen molar-refractivity contribution >= 4 is 48.9 Å². The lowest BCUT2D eigenvalue weighted by molar-refractivity contribution is -0.137. The molecule has 0 heterocycles. The molecule has 3 rings (SSSR count). The molecular weight excluding hydrogens is 519 g/mol. The Morgan fingerprint density at radius 1 is 0.818 bits per heavy atom. The van der Waals surface area contributed by atoms with Gasteiger partial charge in [0.1, 0.15) is 0 Å². The van der Waals surface area contributed by atoms with E-state index in [1.165, 1.54) is 30.3 Å². The van der Waals surface area contributed by atoms with Crippen molar-refractivity contribution in [1.29, 1.82) is 0 Å². The second-order valence-corrected chi connectivity index (χ2v) is 12.1. The summed E-state index contributed by atoms with van der Waals surface area (Å²) in [7, 11) is -7.72. The monoisotopic (exact) mass is 535 g/mol. The minimum atomic E-state index is -4.58. The standard InChI is InChI=1S/C21H17ClF3NO4S3/c22-16-7-11-17(12-8-16)32(27,28)14-13-31-20-4-2-1-3-19(20)26-33(29,30)18-9-5-15(6-10-18)21(23,24)25/h1-12,26H,13-14H2. The molecule has 0 amide bonds. The third kappa shape index (κ3) is 6.66. The topological polar surface area (TPSA) is 80.3 Å². The van der Waals surface area contributed by atoms with Gasteiger partial charge in [0.2, 0.25) is 0 Å². The second-order valence-electron chi connectivity index (χ2n) is 6.75. The van der Waals surface area contributed by atoms with E-state index in [9.17, 15) is 30.0 Å². The van der Waals surface area contributed by atoms with Crippen LogP contribution in [0.4, 0.5) is 18.9 Å². The molecule has 0 saturated carbocycles. The largest absolute Gasteiger partial charge is 0.416 e. The summed E-state index contributed by atoms with van der Waals surface area (Å²) in [5.41, 5.74) is -0.773. The number of halogens is 4. The Balaban J connectivity index is 1.72. The molecule has 12 heteroatoms. The molecule has 0 atom stereocenters. The zero-order valence-electron chi connectivity index (χ0n) is 16.7. The fraction of sp³-hybridized carbons (Fsp3) is 0.143. The van der Waals surface area contributed by atoms with Gasteiger partial charge in [0.05, 0.1) is 26.8 Å². The molecule has 0 aliphatic heterocycles. The summed E-state index contributed by atoms with van der Waals surface area (Å²) in [6.07, 6.45) is -4.58. The molecule has 0 saturated heterocycles. The van der Waals surface area contributed by atoms with E-state index in [0.717, 1.165) is 23.9 Å². The van der Waals surface area contributed by atoms with E-state index in [0.29, 0.717) is 22.1 Å². The first-order valence-electron chi connectivity index (χ1n) is 9.29. The van der Waals surface area contributed by atoms with Crippen molar-refractivity contribution in [3.63, 3.8) is 0 Å². The Morgan fingerprint density at radius 3 is 2.00 bits per heavy atom. The van der Waals surface area contributed by atoms with Crippen LogP contribution >= 0.6 is 23.4 Å². The highest BCUT2D eigenvalue weighted by molar-refractivity contribution is 8.01. The smallest absolute Gasteiger partial charge is 0.278 e. The van der Waals surface area contributed by atoms with Gasteiger partial charge >= 0.3 is 6.18 Å². The van der Waals surface area contributed by atoms with Crippen LogP contribution in [-0.4, -0.2) is 28.3 Å². The highest BCUT2D eigenvalue weighted by atomic mass is 35.5. The van der Waals surface area contributed by atoms with Gasteiger partial charge < -0.3 is 0 Å². The number of hydrogen-bond acceptors (Lipinski definition) is 5. The van der Waals surface area contributed by atoms with Gasteiger partial charge in [0.15, 0.2) is 9.84 Å². The molecule has 0 aromatic heterocycles. The quantitative estimate of drug-likeness (QED) is 0.373. The molecule has 0 aliphatic carbocycles. The van der Waals surface area contributed by atoms with Crippen molar-refractivity contribution in [1.82, 2.24) is 0 Å². The molecule has 5 nitrogen and oxygen atoms in total. The van der Waals surface area contributed by atoms with Gasteiger partial charge in [0, 0.05) is 15.7 Å². The Kier molecular flexibility index (Phi) is 7.67. The van der Waals surface area contributed by atoms with Gasteiger partial charge in [0.25, 0.3) is 10.0 Å². The van der Waals surface area contributed by atoms with E-state index in [2.05, 4.69) is 4.72 Å². The van der Waals surface area contributed by atoms with Crippen LogP contribution in [0, 0.1) is 0 Å². The maximum Gasteiger partial charge on any atom is 0.416 e. The van der Waals surface area contributed by atoms with Crippen LogP contribution in [0.3, 0.4) is 0 Å². The molecule has 0 bridgehead atoms. The molecule has 0 radical (unpaired) electrons.